The van der Waals surface area contributed by atoms with E-state index in [1.165, 1.54) is 20.3 Å². The molecule has 1 aliphatic rings. The highest BCUT2D eigenvalue weighted by Crippen LogP contribution is 2.45. The van der Waals surface area contributed by atoms with Gasteiger partial charge in [0.1, 0.15) is 17.3 Å². The van der Waals surface area contributed by atoms with E-state index in [0.29, 0.717) is 11.3 Å². The number of nitrogens with zero attached hydrogens (tertiary/aromatic N) is 1. The molecule has 1 heterocycles. The average Bonchev–Trinajstić information content (AvgIpc) is 3.17. The van der Waals surface area contributed by atoms with E-state index in [4.69, 9.17) is 9.47 Å². The number of aliphatic hydroxyl groups excluding tert-OH is 1. The van der Waals surface area contributed by atoms with Crippen LogP contribution in [0.5, 0.6) is 11.5 Å². The Hall–Kier alpha value is -4.27. The first-order valence-corrected chi connectivity index (χ1v) is 12.1. The van der Waals surface area contributed by atoms with Gasteiger partial charge in [-0.25, -0.2) is 0 Å². The number of methoxy groups -OCH3 is 2. The molecule has 9 heteroatoms. The molecule has 1 saturated heterocycles. The van der Waals surface area contributed by atoms with Gasteiger partial charge in [0.05, 0.1) is 37.0 Å². The molecule has 1 amide bonds. The minimum atomic E-state index is -4.67. The number of hydrogen-bond donors (Lipinski definition) is 1. The summed E-state index contributed by atoms with van der Waals surface area (Å²) in [7, 11) is 2.84. The summed E-state index contributed by atoms with van der Waals surface area (Å²) in [6, 6.07) is 14.5. The van der Waals surface area contributed by atoms with Crippen molar-refractivity contribution in [3.63, 3.8) is 0 Å². The number of Topliss-reactive ketones (excluding diaryl/α,β-unsaturated/α-hetero) is 1. The second kappa shape index (κ2) is 10.1. The maximum atomic E-state index is 13.5. The molecule has 39 heavy (non-hydrogen) atoms. The van der Waals surface area contributed by atoms with Crippen molar-refractivity contribution in [3.05, 3.63) is 94.6 Å². The van der Waals surface area contributed by atoms with Crippen LogP contribution in [0.2, 0.25) is 0 Å². The largest absolute Gasteiger partial charge is 0.507 e. The Morgan fingerprint density at radius 2 is 1.56 bits per heavy atom. The Bertz CT molecular complexity index is 1470. The van der Waals surface area contributed by atoms with Gasteiger partial charge in [0.15, 0.2) is 0 Å². The standard InChI is InChI=1S/C30H28F3NO5/c1-29(2,3)18-12-13-23(39-5)22(16-18)26(35)24-25(17-8-6-11-21(14-17)38-4)34(28(37)27(24)36)20-10-7-9-19(15-20)30(31,32)33/h6-16,25,35H,1-5H3/b26-24+. The molecule has 1 fully saturated rings. The third kappa shape index (κ3) is 5.21. The summed E-state index contributed by atoms with van der Waals surface area (Å²) in [5.41, 5.74) is -0.360. The number of ketones is 1. The van der Waals surface area contributed by atoms with Crippen LogP contribution in [0, 0.1) is 0 Å². The number of halogens is 3. The number of alkyl halides is 3. The number of ether oxygens (including phenoxy) is 2. The molecule has 6 nitrogen and oxygen atoms in total. The third-order valence-corrected chi connectivity index (χ3v) is 6.63. The van der Waals surface area contributed by atoms with Crippen molar-refractivity contribution < 1.29 is 37.3 Å². The topological polar surface area (TPSA) is 76.1 Å². The highest BCUT2D eigenvalue weighted by Gasteiger charge is 2.48. The van der Waals surface area contributed by atoms with Gasteiger partial charge in [-0.3, -0.25) is 14.5 Å². The first kappa shape index (κ1) is 27.8. The van der Waals surface area contributed by atoms with E-state index < -0.39 is 35.2 Å². The smallest absolute Gasteiger partial charge is 0.416 e. The van der Waals surface area contributed by atoms with E-state index >= 15 is 0 Å². The van der Waals surface area contributed by atoms with Crippen LogP contribution in [0.4, 0.5) is 18.9 Å². The zero-order valence-electron chi connectivity index (χ0n) is 22.1. The Morgan fingerprint density at radius 1 is 0.872 bits per heavy atom. The lowest BCUT2D eigenvalue weighted by molar-refractivity contribution is -0.137. The molecule has 1 N–H and O–H groups in total. The summed E-state index contributed by atoms with van der Waals surface area (Å²) in [5.74, 6) is -1.96. The van der Waals surface area contributed by atoms with Crippen molar-refractivity contribution in [1.82, 2.24) is 0 Å². The van der Waals surface area contributed by atoms with Crippen molar-refractivity contribution in [2.75, 3.05) is 19.1 Å². The van der Waals surface area contributed by atoms with Crippen LogP contribution in [-0.4, -0.2) is 31.0 Å². The summed E-state index contributed by atoms with van der Waals surface area (Å²) in [5, 5.41) is 11.6. The van der Waals surface area contributed by atoms with Gasteiger partial charge in [0.2, 0.25) is 0 Å². The fraction of sp³-hybridized carbons (Fsp3) is 0.267. The molecule has 0 aliphatic carbocycles. The quantitative estimate of drug-likeness (QED) is 0.223. The Labute approximate surface area is 224 Å². The summed E-state index contributed by atoms with van der Waals surface area (Å²) in [4.78, 5) is 27.9. The van der Waals surface area contributed by atoms with Gasteiger partial charge in [-0.05, 0) is 59.0 Å². The number of aliphatic hydroxyl groups is 1. The number of carbonyl (C=O) groups excluding carboxylic acids is 2. The van der Waals surface area contributed by atoms with Gasteiger partial charge in [0, 0.05) is 5.69 Å². The molecule has 0 aromatic heterocycles. The highest BCUT2D eigenvalue weighted by atomic mass is 19.4. The molecule has 204 valence electrons. The molecule has 0 saturated carbocycles. The van der Waals surface area contributed by atoms with Crippen LogP contribution in [0.25, 0.3) is 5.76 Å². The summed E-state index contributed by atoms with van der Waals surface area (Å²) < 4.78 is 51.4. The van der Waals surface area contributed by atoms with Crippen molar-refractivity contribution in [2.24, 2.45) is 0 Å². The lowest BCUT2D eigenvalue weighted by Crippen LogP contribution is -2.29. The van der Waals surface area contributed by atoms with E-state index in [0.717, 1.165) is 28.7 Å². The van der Waals surface area contributed by atoms with Crippen LogP contribution in [0.15, 0.2) is 72.3 Å². The second-order valence-electron chi connectivity index (χ2n) is 10.2. The summed E-state index contributed by atoms with van der Waals surface area (Å²) in [6.45, 7) is 5.92. The van der Waals surface area contributed by atoms with Crippen molar-refractivity contribution in [3.8, 4) is 11.5 Å². The average molecular weight is 540 g/mol. The van der Waals surface area contributed by atoms with Gasteiger partial charge < -0.3 is 14.6 Å². The monoisotopic (exact) mass is 539 g/mol. The zero-order chi connectivity index (χ0) is 28.7. The molecule has 4 rings (SSSR count). The van der Waals surface area contributed by atoms with Crippen LogP contribution >= 0.6 is 0 Å². The lowest BCUT2D eigenvalue weighted by Gasteiger charge is -2.26. The van der Waals surface area contributed by atoms with Crippen LogP contribution in [0.3, 0.4) is 0 Å². The molecule has 0 radical (unpaired) electrons. The number of carbonyl (C=O) groups is 2. The Balaban J connectivity index is 2.02. The van der Waals surface area contributed by atoms with E-state index in [1.54, 1.807) is 36.4 Å². The molecule has 3 aromatic rings. The fourth-order valence-electron chi connectivity index (χ4n) is 4.56. The second-order valence-corrected chi connectivity index (χ2v) is 10.2. The Morgan fingerprint density at radius 3 is 2.18 bits per heavy atom. The van der Waals surface area contributed by atoms with Crippen molar-refractivity contribution in [1.29, 1.82) is 0 Å². The zero-order valence-corrected chi connectivity index (χ0v) is 22.1. The minimum absolute atomic E-state index is 0.144. The highest BCUT2D eigenvalue weighted by molar-refractivity contribution is 6.51. The molecule has 0 spiro atoms. The summed E-state index contributed by atoms with van der Waals surface area (Å²) >= 11 is 0. The Kier molecular flexibility index (Phi) is 7.21. The number of benzene rings is 3. The summed E-state index contributed by atoms with van der Waals surface area (Å²) in [6.07, 6.45) is -4.67. The van der Waals surface area contributed by atoms with Crippen molar-refractivity contribution in [2.45, 2.75) is 38.4 Å². The van der Waals surface area contributed by atoms with Crippen LogP contribution < -0.4 is 14.4 Å². The first-order chi connectivity index (χ1) is 18.3. The van der Waals surface area contributed by atoms with Crippen LogP contribution in [0.1, 0.15) is 49.1 Å². The molecule has 3 aromatic carbocycles. The maximum absolute atomic E-state index is 13.5. The molecular formula is C30H28F3NO5. The molecular weight excluding hydrogens is 511 g/mol. The van der Waals surface area contributed by atoms with Crippen molar-refractivity contribution >= 4 is 23.1 Å². The van der Waals surface area contributed by atoms with Gasteiger partial charge in [-0.1, -0.05) is 45.0 Å². The maximum Gasteiger partial charge on any atom is 0.416 e. The minimum Gasteiger partial charge on any atom is -0.507 e. The first-order valence-electron chi connectivity index (χ1n) is 12.1. The fourth-order valence-corrected chi connectivity index (χ4v) is 4.56. The lowest BCUT2D eigenvalue weighted by atomic mass is 9.85. The molecule has 1 unspecified atom stereocenters. The van der Waals surface area contributed by atoms with Gasteiger partial charge in [-0.15, -0.1) is 0 Å². The van der Waals surface area contributed by atoms with Gasteiger partial charge >= 0.3 is 6.18 Å². The third-order valence-electron chi connectivity index (χ3n) is 6.63. The van der Waals surface area contributed by atoms with E-state index in [2.05, 4.69) is 0 Å². The molecule has 1 atom stereocenters. The number of amides is 1. The normalized spacial score (nSPS) is 17.4. The van der Waals surface area contributed by atoms with E-state index in [1.807, 2.05) is 26.8 Å². The predicted molar refractivity (Wildman–Crippen MR) is 141 cm³/mol. The van der Waals surface area contributed by atoms with Crippen LogP contribution in [-0.2, 0) is 21.2 Å². The van der Waals surface area contributed by atoms with Gasteiger partial charge in [-0.2, -0.15) is 13.2 Å². The molecule has 1 aliphatic heterocycles. The predicted octanol–water partition coefficient (Wildman–Crippen LogP) is 6.65. The number of rotatable bonds is 5. The number of hydrogen-bond acceptors (Lipinski definition) is 5. The van der Waals surface area contributed by atoms with E-state index in [-0.39, 0.29) is 28.0 Å². The molecule has 0 bridgehead atoms. The van der Waals surface area contributed by atoms with Gasteiger partial charge in [0.25, 0.3) is 11.7 Å². The number of anilines is 1. The SMILES string of the molecule is COc1cccc(C2/C(=C(\O)c3cc(C(C)(C)C)ccc3OC)C(=O)C(=O)N2c2cccc(C(F)(F)F)c2)c1. The van der Waals surface area contributed by atoms with E-state index in [9.17, 15) is 27.9 Å².